The van der Waals surface area contributed by atoms with Gasteiger partial charge < -0.3 is 24.6 Å². The molecule has 0 saturated carbocycles. The minimum Gasteiger partial charge on any atom is -0.462 e. The first-order chi connectivity index (χ1) is 27.2. The molecule has 3 atom stereocenters. The highest BCUT2D eigenvalue weighted by atomic mass is 31.2. The first-order valence-electron chi connectivity index (χ1n) is 21.4. The summed E-state index contributed by atoms with van der Waals surface area (Å²) in [7, 11) is -4.63. The molecule has 3 N–H and O–H groups in total. The van der Waals surface area contributed by atoms with Crippen molar-refractivity contribution < 1.29 is 47.8 Å². The van der Waals surface area contributed by atoms with Crippen molar-refractivity contribution >= 4 is 19.8 Å². The monoisotopic (exact) mass is 809 g/mol. The van der Waals surface area contributed by atoms with Crippen molar-refractivity contribution in [2.75, 3.05) is 26.4 Å². The standard InChI is InChI=1S/C45H77O10P/c1-3-5-7-9-11-13-15-17-19-21-23-24-26-28-30-32-34-36-44(48)52-40-43(41-54-56(50,51)53-39-42(47)38-46)55-45(49)37-35-33-31-29-27-25-22-20-18-16-14-12-10-8-6-4-2/h5,7,11,13,17,19-20,22-24,28,30,42-43,46-47H,3-4,6,8-10,12,14-16,18,21,25-27,29,31-41H2,1-2H3,(H,50,51)/b7-5-,13-11-,19-17-,22-20-,24-23-,30-28-/t42-,43+/m0/s1. The number of hydrogen-bond donors (Lipinski definition) is 3. The van der Waals surface area contributed by atoms with Crippen molar-refractivity contribution in [2.24, 2.45) is 0 Å². The van der Waals surface area contributed by atoms with Crippen LogP contribution in [0, 0.1) is 0 Å². The summed E-state index contributed by atoms with van der Waals surface area (Å²) in [4.78, 5) is 34.9. The van der Waals surface area contributed by atoms with Gasteiger partial charge in [-0.15, -0.1) is 0 Å². The maximum Gasteiger partial charge on any atom is 0.472 e. The Labute approximate surface area is 339 Å². The van der Waals surface area contributed by atoms with Gasteiger partial charge in [-0.05, 0) is 77.0 Å². The predicted octanol–water partition coefficient (Wildman–Crippen LogP) is 11.3. The van der Waals surface area contributed by atoms with E-state index in [4.69, 9.17) is 19.1 Å². The number of unbranched alkanes of at least 4 members (excludes halogenated alkanes) is 13. The molecule has 0 rings (SSSR count). The molecular formula is C45H77O10P. The second-order valence-electron chi connectivity index (χ2n) is 14.0. The summed E-state index contributed by atoms with van der Waals surface area (Å²) >= 11 is 0. The lowest BCUT2D eigenvalue weighted by molar-refractivity contribution is -0.161. The lowest BCUT2D eigenvalue weighted by Crippen LogP contribution is -2.29. The Bertz CT molecular complexity index is 1160. The first kappa shape index (κ1) is 53.4. The molecule has 0 aromatic carbocycles. The zero-order valence-corrected chi connectivity index (χ0v) is 35.7. The SMILES string of the molecule is CC/C=C\C/C=C\C/C=C\C/C=C\C/C=C\CCCC(=O)OC[C@H](COP(=O)(O)OC[C@@H](O)CO)OC(=O)CCCCCCC/C=C\CCCCCCCCC. The van der Waals surface area contributed by atoms with E-state index in [1.165, 1.54) is 44.9 Å². The summed E-state index contributed by atoms with van der Waals surface area (Å²) in [5.41, 5.74) is 0. The van der Waals surface area contributed by atoms with Gasteiger partial charge in [0.25, 0.3) is 0 Å². The quantitative estimate of drug-likeness (QED) is 0.0237. The molecule has 10 nitrogen and oxygen atoms in total. The molecular weight excluding hydrogens is 731 g/mol. The zero-order chi connectivity index (χ0) is 41.2. The molecule has 0 spiro atoms. The van der Waals surface area contributed by atoms with Crippen molar-refractivity contribution in [3.8, 4) is 0 Å². The van der Waals surface area contributed by atoms with Crippen molar-refractivity contribution in [1.82, 2.24) is 0 Å². The number of aliphatic hydroxyl groups is 2. The topological polar surface area (TPSA) is 149 Å². The van der Waals surface area contributed by atoms with Crippen LogP contribution in [0.15, 0.2) is 72.9 Å². The number of carbonyl (C=O) groups is 2. The largest absolute Gasteiger partial charge is 0.472 e. The minimum absolute atomic E-state index is 0.158. The molecule has 0 amide bonds. The van der Waals surface area contributed by atoms with Gasteiger partial charge in [-0.3, -0.25) is 18.6 Å². The summed E-state index contributed by atoms with van der Waals surface area (Å²) in [5, 5.41) is 18.3. The number of hydrogen-bond acceptors (Lipinski definition) is 9. The Kier molecular flexibility index (Phi) is 38.7. The lowest BCUT2D eigenvalue weighted by Gasteiger charge is -2.20. The average Bonchev–Trinajstić information content (AvgIpc) is 3.19. The number of phosphoric acid groups is 1. The van der Waals surface area contributed by atoms with E-state index < -0.39 is 51.8 Å². The predicted molar refractivity (Wildman–Crippen MR) is 228 cm³/mol. The highest BCUT2D eigenvalue weighted by Crippen LogP contribution is 2.43. The van der Waals surface area contributed by atoms with Crippen LogP contribution in [0.25, 0.3) is 0 Å². The van der Waals surface area contributed by atoms with Gasteiger partial charge >= 0.3 is 19.8 Å². The van der Waals surface area contributed by atoms with Crippen LogP contribution in [0.4, 0.5) is 0 Å². The van der Waals surface area contributed by atoms with Crippen molar-refractivity contribution in [3.05, 3.63) is 72.9 Å². The molecule has 11 heteroatoms. The van der Waals surface area contributed by atoms with Crippen LogP contribution in [0.1, 0.15) is 162 Å². The molecule has 0 aromatic heterocycles. The number of phosphoric ester groups is 1. The number of rotatable bonds is 39. The average molecular weight is 809 g/mol. The number of allylic oxidation sites excluding steroid dienone is 12. The third-order valence-corrected chi connectivity index (χ3v) is 9.55. The Morgan fingerprint density at radius 2 is 1.00 bits per heavy atom. The van der Waals surface area contributed by atoms with Gasteiger partial charge in [0.05, 0.1) is 19.8 Å². The summed E-state index contributed by atoms with van der Waals surface area (Å²) in [5.74, 6) is -1.01. The highest BCUT2D eigenvalue weighted by molar-refractivity contribution is 7.47. The van der Waals surface area contributed by atoms with E-state index in [0.29, 0.717) is 19.3 Å². The van der Waals surface area contributed by atoms with Crippen molar-refractivity contribution in [2.45, 2.75) is 174 Å². The molecule has 56 heavy (non-hydrogen) atoms. The zero-order valence-electron chi connectivity index (χ0n) is 34.8. The summed E-state index contributed by atoms with van der Waals surface area (Å²) in [6.45, 7) is 2.18. The van der Waals surface area contributed by atoms with Gasteiger partial charge in [0, 0.05) is 12.8 Å². The van der Waals surface area contributed by atoms with Gasteiger partial charge in [0.1, 0.15) is 12.7 Å². The third-order valence-electron chi connectivity index (χ3n) is 8.59. The number of carbonyl (C=O) groups excluding carboxylic acids is 2. The van der Waals surface area contributed by atoms with Crippen LogP contribution >= 0.6 is 7.82 Å². The van der Waals surface area contributed by atoms with Crippen LogP contribution in [0.2, 0.25) is 0 Å². The summed E-state index contributed by atoms with van der Waals surface area (Å²) < 4.78 is 32.6. The molecule has 0 bridgehead atoms. The van der Waals surface area contributed by atoms with E-state index in [2.05, 4.69) is 85.2 Å². The molecule has 0 aromatic rings. The van der Waals surface area contributed by atoms with E-state index in [1.54, 1.807) is 0 Å². The normalized spacial score (nSPS) is 14.6. The Hall–Kier alpha value is -2.59. The second kappa shape index (κ2) is 40.6. The first-order valence-corrected chi connectivity index (χ1v) is 22.9. The molecule has 0 aliphatic rings. The van der Waals surface area contributed by atoms with Gasteiger partial charge in [-0.1, -0.05) is 145 Å². The fourth-order valence-corrected chi connectivity index (χ4v) is 6.11. The Morgan fingerprint density at radius 1 is 0.554 bits per heavy atom. The van der Waals surface area contributed by atoms with E-state index in [0.717, 1.165) is 70.6 Å². The molecule has 0 aliphatic carbocycles. The second-order valence-corrected chi connectivity index (χ2v) is 15.4. The molecule has 0 saturated heterocycles. The van der Waals surface area contributed by atoms with Crippen LogP contribution in [0.3, 0.4) is 0 Å². The lowest BCUT2D eigenvalue weighted by atomic mass is 10.1. The summed E-state index contributed by atoms with van der Waals surface area (Å²) in [6.07, 6.45) is 45.9. The van der Waals surface area contributed by atoms with Gasteiger partial charge in [0.2, 0.25) is 0 Å². The van der Waals surface area contributed by atoms with Crippen LogP contribution in [-0.4, -0.2) is 65.7 Å². The molecule has 0 aliphatic heterocycles. The Morgan fingerprint density at radius 3 is 1.55 bits per heavy atom. The smallest absolute Gasteiger partial charge is 0.462 e. The van der Waals surface area contributed by atoms with Crippen LogP contribution in [0.5, 0.6) is 0 Å². The molecule has 0 fully saturated rings. The Balaban J connectivity index is 4.43. The van der Waals surface area contributed by atoms with E-state index >= 15 is 0 Å². The number of esters is 2. The summed E-state index contributed by atoms with van der Waals surface area (Å²) in [6, 6.07) is 0. The van der Waals surface area contributed by atoms with Gasteiger partial charge in [0.15, 0.2) is 6.10 Å². The van der Waals surface area contributed by atoms with Crippen LogP contribution in [-0.2, 0) is 32.7 Å². The van der Waals surface area contributed by atoms with Crippen molar-refractivity contribution in [1.29, 1.82) is 0 Å². The number of aliphatic hydroxyl groups excluding tert-OH is 2. The van der Waals surface area contributed by atoms with Gasteiger partial charge in [-0.25, -0.2) is 4.57 Å². The maximum atomic E-state index is 12.6. The van der Waals surface area contributed by atoms with Crippen LogP contribution < -0.4 is 0 Å². The maximum absolute atomic E-state index is 12.6. The van der Waals surface area contributed by atoms with E-state index in [1.807, 2.05) is 6.08 Å². The highest BCUT2D eigenvalue weighted by Gasteiger charge is 2.27. The molecule has 0 radical (unpaired) electrons. The van der Waals surface area contributed by atoms with E-state index in [9.17, 15) is 24.2 Å². The third kappa shape index (κ3) is 39.6. The van der Waals surface area contributed by atoms with E-state index in [-0.39, 0.29) is 19.4 Å². The molecule has 0 heterocycles. The molecule has 322 valence electrons. The number of ether oxygens (including phenoxy) is 2. The fraction of sp³-hybridized carbons (Fsp3) is 0.689. The fourth-order valence-electron chi connectivity index (χ4n) is 5.32. The van der Waals surface area contributed by atoms with Crippen molar-refractivity contribution in [3.63, 3.8) is 0 Å². The molecule has 1 unspecified atom stereocenters. The van der Waals surface area contributed by atoms with Gasteiger partial charge in [-0.2, -0.15) is 0 Å². The minimum atomic E-state index is -4.63.